The number of nitrogens with one attached hydrogen (secondary N) is 2. The van der Waals surface area contributed by atoms with Gasteiger partial charge in [0.1, 0.15) is 0 Å². The maximum atomic E-state index is 11.7. The molecule has 0 heterocycles. The summed E-state index contributed by atoms with van der Waals surface area (Å²) in [5.41, 5.74) is 2.42. The largest absolute Gasteiger partial charge is 0.351 e. The van der Waals surface area contributed by atoms with Gasteiger partial charge in [0.2, 0.25) is 5.91 Å². The van der Waals surface area contributed by atoms with Gasteiger partial charge in [-0.1, -0.05) is 35.9 Å². The number of benzene rings is 1. The first kappa shape index (κ1) is 14.5. The van der Waals surface area contributed by atoms with Crippen molar-refractivity contribution in [2.24, 2.45) is 0 Å². The SMILES string of the molecule is C=CCNC(=O)C(C)N[C@@H](C)c1ccc(C)cc1. The van der Waals surface area contributed by atoms with E-state index in [2.05, 4.69) is 55.3 Å². The van der Waals surface area contributed by atoms with Crippen molar-refractivity contribution in [3.05, 3.63) is 48.0 Å². The second-order valence-corrected chi connectivity index (χ2v) is 4.55. The van der Waals surface area contributed by atoms with E-state index in [1.54, 1.807) is 6.08 Å². The van der Waals surface area contributed by atoms with Crippen molar-refractivity contribution >= 4 is 5.91 Å². The highest BCUT2D eigenvalue weighted by molar-refractivity contribution is 5.81. The summed E-state index contributed by atoms with van der Waals surface area (Å²) < 4.78 is 0. The van der Waals surface area contributed by atoms with E-state index in [1.807, 2.05) is 6.92 Å². The number of rotatable bonds is 6. The molecular formula is C15H22N2O. The van der Waals surface area contributed by atoms with Crippen LogP contribution < -0.4 is 10.6 Å². The van der Waals surface area contributed by atoms with Crippen LogP contribution in [0.5, 0.6) is 0 Å². The summed E-state index contributed by atoms with van der Waals surface area (Å²) in [5, 5.41) is 6.06. The van der Waals surface area contributed by atoms with Gasteiger partial charge in [-0.25, -0.2) is 0 Å². The minimum absolute atomic E-state index is 0.00568. The molecule has 18 heavy (non-hydrogen) atoms. The molecule has 0 aliphatic rings. The zero-order valence-electron chi connectivity index (χ0n) is 11.4. The molecule has 0 saturated heterocycles. The molecular weight excluding hydrogens is 224 g/mol. The van der Waals surface area contributed by atoms with Crippen molar-refractivity contribution in [3.63, 3.8) is 0 Å². The summed E-state index contributed by atoms with van der Waals surface area (Å²) >= 11 is 0. The normalized spacial score (nSPS) is 13.7. The highest BCUT2D eigenvalue weighted by atomic mass is 16.2. The topological polar surface area (TPSA) is 41.1 Å². The summed E-state index contributed by atoms with van der Waals surface area (Å²) in [4.78, 5) is 11.7. The molecule has 2 atom stereocenters. The molecule has 0 bridgehead atoms. The van der Waals surface area contributed by atoms with Crippen molar-refractivity contribution in [1.82, 2.24) is 10.6 Å². The van der Waals surface area contributed by atoms with E-state index in [0.29, 0.717) is 6.54 Å². The van der Waals surface area contributed by atoms with Crippen LogP contribution in [-0.2, 0) is 4.79 Å². The summed E-state index contributed by atoms with van der Waals surface area (Å²) in [6.07, 6.45) is 1.67. The number of hydrogen-bond donors (Lipinski definition) is 2. The smallest absolute Gasteiger partial charge is 0.237 e. The van der Waals surface area contributed by atoms with Crippen LogP contribution in [0.4, 0.5) is 0 Å². The van der Waals surface area contributed by atoms with E-state index in [4.69, 9.17) is 0 Å². The van der Waals surface area contributed by atoms with Gasteiger partial charge in [-0.2, -0.15) is 0 Å². The minimum Gasteiger partial charge on any atom is -0.351 e. The van der Waals surface area contributed by atoms with E-state index in [0.717, 1.165) is 0 Å². The molecule has 1 rings (SSSR count). The van der Waals surface area contributed by atoms with Crippen molar-refractivity contribution in [3.8, 4) is 0 Å². The first-order valence-corrected chi connectivity index (χ1v) is 6.25. The molecule has 1 aromatic carbocycles. The Bertz CT molecular complexity index is 397. The average Bonchev–Trinajstić information content (AvgIpc) is 2.36. The predicted octanol–water partition coefficient (Wildman–Crippen LogP) is 2.34. The van der Waals surface area contributed by atoms with Crippen LogP contribution in [0.2, 0.25) is 0 Å². The van der Waals surface area contributed by atoms with Gasteiger partial charge < -0.3 is 5.32 Å². The fraction of sp³-hybridized carbons (Fsp3) is 0.400. The summed E-state index contributed by atoms with van der Waals surface area (Å²) in [7, 11) is 0. The third-order valence-corrected chi connectivity index (χ3v) is 2.89. The molecule has 0 radical (unpaired) electrons. The fourth-order valence-electron chi connectivity index (χ4n) is 1.73. The maximum Gasteiger partial charge on any atom is 0.237 e. The number of aryl methyl sites for hydroxylation is 1. The van der Waals surface area contributed by atoms with Gasteiger partial charge >= 0.3 is 0 Å². The lowest BCUT2D eigenvalue weighted by Gasteiger charge is -2.19. The zero-order valence-corrected chi connectivity index (χ0v) is 11.4. The Morgan fingerprint density at radius 1 is 1.33 bits per heavy atom. The first-order valence-electron chi connectivity index (χ1n) is 6.25. The summed E-state index contributed by atoms with van der Waals surface area (Å²) in [6.45, 7) is 10.1. The number of carbonyl (C=O) groups is 1. The van der Waals surface area contributed by atoms with Gasteiger partial charge in [-0.3, -0.25) is 10.1 Å². The summed E-state index contributed by atoms with van der Waals surface area (Å²) in [5.74, 6) is -0.00568. The van der Waals surface area contributed by atoms with Crippen LogP contribution in [0, 0.1) is 6.92 Å². The van der Waals surface area contributed by atoms with Gasteiger partial charge in [0.05, 0.1) is 6.04 Å². The standard InChI is InChI=1S/C15H22N2O/c1-5-10-16-15(18)13(4)17-12(3)14-8-6-11(2)7-9-14/h5-9,12-13,17H,1,10H2,2-4H3,(H,16,18)/t12-,13?/m0/s1. The van der Waals surface area contributed by atoms with E-state index < -0.39 is 0 Å². The monoisotopic (exact) mass is 246 g/mol. The Labute approximate surface area is 109 Å². The number of amides is 1. The predicted molar refractivity (Wildman–Crippen MR) is 75.4 cm³/mol. The van der Waals surface area contributed by atoms with Crippen molar-refractivity contribution in [2.45, 2.75) is 32.9 Å². The van der Waals surface area contributed by atoms with Gasteiger partial charge in [0.15, 0.2) is 0 Å². The lowest BCUT2D eigenvalue weighted by Crippen LogP contribution is -2.43. The Kier molecular flexibility index (Phi) is 5.59. The molecule has 3 nitrogen and oxygen atoms in total. The molecule has 3 heteroatoms. The van der Waals surface area contributed by atoms with E-state index in [1.165, 1.54) is 11.1 Å². The third-order valence-electron chi connectivity index (χ3n) is 2.89. The van der Waals surface area contributed by atoms with E-state index in [-0.39, 0.29) is 18.0 Å². The molecule has 1 unspecified atom stereocenters. The van der Waals surface area contributed by atoms with Gasteiger partial charge in [0, 0.05) is 12.6 Å². The second kappa shape index (κ2) is 6.97. The second-order valence-electron chi connectivity index (χ2n) is 4.55. The zero-order chi connectivity index (χ0) is 13.5. The van der Waals surface area contributed by atoms with Crippen LogP contribution in [0.3, 0.4) is 0 Å². The van der Waals surface area contributed by atoms with Crippen LogP contribution >= 0.6 is 0 Å². The molecule has 98 valence electrons. The molecule has 0 fully saturated rings. The minimum atomic E-state index is -0.221. The Balaban J connectivity index is 2.53. The van der Waals surface area contributed by atoms with Crippen molar-refractivity contribution < 1.29 is 4.79 Å². The molecule has 0 aliphatic heterocycles. The number of hydrogen-bond acceptors (Lipinski definition) is 2. The molecule has 0 aliphatic carbocycles. The Morgan fingerprint density at radius 2 is 1.94 bits per heavy atom. The van der Waals surface area contributed by atoms with Gasteiger partial charge in [-0.15, -0.1) is 6.58 Å². The maximum absolute atomic E-state index is 11.7. The van der Waals surface area contributed by atoms with Crippen molar-refractivity contribution in [1.29, 1.82) is 0 Å². The molecule has 1 aromatic rings. The Morgan fingerprint density at radius 3 is 2.50 bits per heavy atom. The molecule has 0 saturated carbocycles. The lowest BCUT2D eigenvalue weighted by molar-refractivity contribution is -0.122. The summed E-state index contributed by atoms with van der Waals surface area (Å²) in [6, 6.07) is 8.26. The number of carbonyl (C=O) groups excluding carboxylic acids is 1. The first-order chi connectivity index (χ1) is 8.54. The molecule has 1 amide bonds. The average molecular weight is 246 g/mol. The molecule has 0 aromatic heterocycles. The van der Waals surface area contributed by atoms with Crippen LogP contribution in [-0.4, -0.2) is 18.5 Å². The van der Waals surface area contributed by atoms with Gasteiger partial charge in [-0.05, 0) is 26.3 Å². The van der Waals surface area contributed by atoms with E-state index in [9.17, 15) is 4.79 Å². The van der Waals surface area contributed by atoms with Gasteiger partial charge in [0.25, 0.3) is 0 Å². The van der Waals surface area contributed by atoms with Crippen LogP contribution in [0.1, 0.15) is 31.0 Å². The fourth-order valence-corrected chi connectivity index (χ4v) is 1.73. The van der Waals surface area contributed by atoms with Crippen LogP contribution in [0.25, 0.3) is 0 Å². The third kappa shape index (κ3) is 4.34. The highest BCUT2D eigenvalue weighted by Gasteiger charge is 2.15. The lowest BCUT2D eigenvalue weighted by atomic mass is 10.1. The highest BCUT2D eigenvalue weighted by Crippen LogP contribution is 2.13. The van der Waals surface area contributed by atoms with E-state index >= 15 is 0 Å². The molecule has 2 N–H and O–H groups in total. The Hall–Kier alpha value is -1.61. The van der Waals surface area contributed by atoms with Crippen LogP contribution in [0.15, 0.2) is 36.9 Å². The van der Waals surface area contributed by atoms with Crippen molar-refractivity contribution in [2.75, 3.05) is 6.54 Å². The quantitative estimate of drug-likeness (QED) is 0.756. The molecule has 0 spiro atoms.